The van der Waals surface area contributed by atoms with E-state index >= 15 is 0 Å². The standard InChI is InChI=1S/C19H15F2N3O/c1-12-11-23(17-5-3-2-4-14(12)17)19(25)16-8-9-24(22-16)18-7-6-13(20)10-15(18)21/h2-10,12H,11H2,1H3. The molecule has 3 aromatic rings. The second kappa shape index (κ2) is 5.81. The van der Waals surface area contributed by atoms with Gasteiger partial charge in [0.15, 0.2) is 11.5 Å². The highest BCUT2D eigenvalue weighted by molar-refractivity contribution is 6.06. The van der Waals surface area contributed by atoms with Gasteiger partial charge in [0.25, 0.3) is 5.91 Å². The van der Waals surface area contributed by atoms with Gasteiger partial charge in [-0.3, -0.25) is 4.79 Å². The summed E-state index contributed by atoms with van der Waals surface area (Å²) < 4.78 is 28.2. The molecule has 0 aliphatic carbocycles. The lowest BCUT2D eigenvalue weighted by Gasteiger charge is -2.16. The van der Waals surface area contributed by atoms with Gasteiger partial charge in [0, 0.05) is 30.4 Å². The largest absolute Gasteiger partial charge is 0.306 e. The van der Waals surface area contributed by atoms with Gasteiger partial charge in [0.2, 0.25) is 0 Å². The number of amides is 1. The minimum absolute atomic E-state index is 0.0932. The molecule has 1 unspecified atom stereocenters. The van der Waals surface area contributed by atoms with E-state index < -0.39 is 11.6 Å². The predicted molar refractivity (Wildman–Crippen MR) is 90.0 cm³/mol. The zero-order valence-corrected chi connectivity index (χ0v) is 13.5. The number of hydrogen-bond acceptors (Lipinski definition) is 2. The van der Waals surface area contributed by atoms with Crippen LogP contribution in [-0.4, -0.2) is 22.2 Å². The molecule has 0 radical (unpaired) electrons. The van der Waals surface area contributed by atoms with Crippen molar-refractivity contribution in [1.82, 2.24) is 9.78 Å². The van der Waals surface area contributed by atoms with Crippen LogP contribution >= 0.6 is 0 Å². The van der Waals surface area contributed by atoms with Gasteiger partial charge >= 0.3 is 0 Å². The number of rotatable bonds is 2. The molecule has 0 N–H and O–H groups in total. The molecule has 4 rings (SSSR count). The smallest absolute Gasteiger partial charge is 0.278 e. The van der Waals surface area contributed by atoms with Crippen LogP contribution in [0, 0.1) is 11.6 Å². The summed E-state index contributed by atoms with van der Waals surface area (Å²) in [6.45, 7) is 2.65. The van der Waals surface area contributed by atoms with E-state index in [1.54, 1.807) is 4.90 Å². The van der Waals surface area contributed by atoms with E-state index in [0.717, 1.165) is 23.4 Å². The van der Waals surface area contributed by atoms with E-state index in [2.05, 4.69) is 12.0 Å². The Morgan fingerprint density at radius 3 is 2.72 bits per heavy atom. The molecular weight excluding hydrogens is 324 g/mol. The van der Waals surface area contributed by atoms with Crippen LogP contribution < -0.4 is 4.90 Å². The molecule has 1 aromatic heterocycles. The number of carbonyl (C=O) groups is 1. The van der Waals surface area contributed by atoms with Crippen LogP contribution in [0.1, 0.15) is 28.9 Å². The maximum atomic E-state index is 13.9. The maximum Gasteiger partial charge on any atom is 0.278 e. The Morgan fingerprint density at radius 1 is 1.12 bits per heavy atom. The van der Waals surface area contributed by atoms with Crippen LogP contribution in [-0.2, 0) is 0 Å². The Hall–Kier alpha value is -3.02. The highest BCUT2D eigenvalue weighted by Gasteiger charge is 2.31. The third-order valence-electron chi connectivity index (χ3n) is 4.42. The Kier molecular flexibility index (Phi) is 3.60. The van der Waals surface area contributed by atoms with Crippen molar-refractivity contribution in [2.24, 2.45) is 0 Å². The lowest BCUT2D eigenvalue weighted by Crippen LogP contribution is -2.30. The number of halogens is 2. The summed E-state index contributed by atoms with van der Waals surface area (Å²) in [5, 5.41) is 4.18. The molecule has 1 atom stereocenters. The third-order valence-corrected chi connectivity index (χ3v) is 4.42. The van der Waals surface area contributed by atoms with E-state index in [9.17, 15) is 13.6 Å². The monoisotopic (exact) mass is 339 g/mol. The van der Waals surface area contributed by atoms with Crippen molar-refractivity contribution >= 4 is 11.6 Å². The molecule has 2 aromatic carbocycles. The fraction of sp³-hybridized carbons (Fsp3) is 0.158. The van der Waals surface area contributed by atoms with Gasteiger partial charge in [-0.25, -0.2) is 13.5 Å². The first-order chi connectivity index (χ1) is 12.0. The fourth-order valence-corrected chi connectivity index (χ4v) is 3.19. The van der Waals surface area contributed by atoms with Crippen molar-refractivity contribution in [1.29, 1.82) is 0 Å². The highest BCUT2D eigenvalue weighted by atomic mass is 19.1. The lowest BCUT2D eigenvalue weighted by molar-refractivity contribution is 0.0983. The van der Waals surface area contributed by atoms with Crippen LogP contribution in [0.15, 0.2) is 54.7 Å². The lowest BCUT2D eigenvalue weighted by atomic mass is 10.0. The fourth-order valence-electron chi connectivity index (χ4n) is 3.19. The molecule has 4 nitrogen and oxygen atoms in total. The van der Waals surface area contributed by atoms with Crippen LogP contribution in [0.4, 0.5) is 14.5 Å². The summed E-state index contributed by atoms with van der Waals surface area (Å²) in [5.41, 5.74) is 2.31. The molecule has 2 heterocycles. The van der Waals surface area contributed by atoms with Gasteiger partial charge in [0.05, 0.1) is 0 Å². The number of carbonyl (C=O) groups excluding carboxylic acids is 1. The molecule has 1 aliphatic heterocycles. The molecule has 1 amide bonds. The SMILES string of the molecule is CC1CN(C(=O)c2ccn(-c3ccc(F)cc3F)n2)c2ccccc21. The minimum Gasteiger partial charge on any atom is -0.306 e. The van der Waals surface area contributed by atoms with Crippen molar-refractivity contribution < 1.29 is 13.6 Å². The summed E-state index contributed by atoms with van der Waals surface area (Å²) in [4.78, 5) is 14.5. The Balaban J connectivity index is 1.66. The Labute approximate surface area is 143 Å². The van der Waals surface area contributed by atoms with E-state index in [-0.39, 0.29) is 23.2 Å². The maximum absolute atomic E-state index is 13.9. The Morgan fingerprint density at radius 2 is 1.92 bits per heavy atom. The van der Waals surface area contributed by atoms with E-state index in [4.69, 9.17) is 0 Å². The molecule has 0 saturated heterocycles. The normalized spacial score (nSPS) is 16.1. The zero-order valence-electron chi connectivity index (χ0n) is 13.5. The number of nitrogens with zero attached hydrogens (tertiary/aromatic N) is 3. The number of para-hydroxylation sites is 1. The van der Waals surface area contributed by atoms with Crippen molar-refractivity contribution in [3.8, 4) is 5.69 Å². The summed E-state index contributed by atoms with van der Waals surface area (Å²) >= 11 is 0. The average molecular weight is 339 g/mol. The number of hydrogen-bond donors (Lipinski definition) is 0. The molecule has 126 valence electrons. The van der Waals surface area contributed by atoms with Crippen LogP contribution in [0.5, 0.6) is 0 Å². The summed E-state index contributed by atoms with van der Waals surface area (Å²) in [7, 11) is 0. The zero-order chi connectivity index (χ0) is 17.6. The summed E-state index contributed by atoms with van der Waals surface area (Å²) in [6, 6.07) is 12.5. The second-order valence-corrected chi connectivity index (χ2v) is 6.12. The van der Waals surface area contributed by atoms with Gasteiger partial charge in [-0.15, -0.1) is 0 Å². The molecule has 0 saturated carbocycles. The van der Waals surface area contributed by atoms with Crippen molar-refractivity contribution in [2.45, 2.75) is 12.8 Å². The van der Waals surface area contributed by atoms with Gasteiger partial charge in [-0.2, -0.15) is 5.10 Å². The highest BCUT2D eigenvalue weighted by Crippen LogP contribution is 2.36. The molecule has 0 bridgehead atoms. The van der Waals surface area contributed by atoms with E-state index in [0.29, 0.717) is 6.54 Å². The quantitative estimate of drug-likeness (QED) is 0.710. The van der Waals surface area contributed by atoms with Gasteiger partial charge in [-0.1, -0.05) is 25.1 Å². The van der Waals surface area contributed by atoms with Crippen LogP contribution in [0.2, 0.25) is 0 Å². The summed E-state index contributed by atoms with van der Waals surface area (Å²) in [5.74, 6) is -1.38. The van der Waals surface area contributed by atoms with Crippen LogP contribution in [0.25, 0.3) is 5.69 Å². The molecule has 1 aliphatic rings. The molecule has 25 heavy (non-hydrogen) atoms. The summed E-state index contributed by atoms with van der Waals surface area (Å²) in [6.07, 6.45) is 1.49. The molecular formula is C19H15F2N3O. The first-order valence-electron chi connectivity index (χ1n) is 7.96. The topological polar surface area (TPSA) is 38.1 Å². The minimum atomic E-state index is -0.734. The number of fused-ring (bicyclic) bond motifs is 1. The van der Waals surface area contributed by atoms with Crippen molar-refractivity contribution in [2.75, 3.05) is 11.4 Å². The molecule has 6 heteroatoms. The second-order valence-electron chi connectivity index (χ2n) is 6.12. The first kappa shape index (κ1) is 15.5. The van der Waals surface area contributed by atoms with Gasteiger partial charge < -0.3 is 4.90 Å². The number of anilines is 1. The number of benzene rings is 2. The van der Waals surface area contributed by atoms with Crippen molar-refractivity contribution in [3.63, 3.8) is 0 Å². The average Bonchev–Trinajstić information content (AvgIpc) is 3.20. The van der Waals surface area contributed by atoms with Gasteiger partial charge in [0.1, 0.15) is 11.5 Å². The van der Waals surface area contributed by atoms with Gasteiger partial charge in [-0.05, 0) is 29.8 Å². The number of aromatic nitrogens is 2. The predicted octanol–water partition coefficient (Wildman–Crippen LogP) is 3.91. The van der Waals surface area contributed by atoms with E-state index in [1.807, 2.05) is 24.3 Å². The van der Waals surface area contributed by atoms with E-state index in [1.165, 1.54) is 23.0 Å². The van der Waals surface area contributed by atoms with Crippen molar-refractivity contribution in [3.05, 3.63) is 77.6 Å². The Bertz CT molecular complexity index is 967. The first-order valence-corrected chi connectivity index (χ1v) is 7.96. The molecule has 0 fully saturated rings. The third kappa shape index (κ3) is 2.59. The molecule has 0 spiro atoms. The van der Waals surface area contributed by atoms with Crippen LogP contribution in [0.3, 0.4) is 0 Å².